The largest absolute Gasteiger partial charge is 0.338 e. The number of amides is 1. The van der Waals surface area contributed by atoms with Crippen LogP contribution in [0.4, 0.5) is 10.1 Å². The van der Waals surface area contributed by atoms with Crippen LogP contribution < -0.4 is 5.32 Å². The molecular weight excluding hydrogens is 371 g/mol. The van der Waals surface area contributed by atoms with Gasteiger partial charge in [-0.3, -0.25) is 9.69 Å². The van der Waals surface area contributed by atoms with Crippen molar-refractivity contribution in [3.05, 3.63) is 65.8 Å². The van der Waals surface area contributed by atoms with E-state index in [0.29, 0.717) is 24.8 Å². The third kappa shape index (κ3) is 4.68. The highest BCUT2D eigenvalue weighted by molar-refractivity contribution is 5.92. The molecule has 1 N–H and O–H groups in total. The maximum Gasteiger partial charge on any atom is 0.241 e. The van der Waals surface area contributed by atoms with Crippen LogP contribution in [0.5, 0.6) is 0 Å². The molecule has 0 aliphatic carbocycles. The zero-order chi connectivity index (χ0) is 20.2. The smallest absolute Gasteiger partial charge is 0.241 e. The molecule has 1 amide bonds. The van der Waals surface area contributed by atoms with Gasteiger partial charge in [0.25, 0.3) is 0 Å². The van der Waals surface area contributed by atoms with E-state index in [1.165, 1.54) is 11.6 Å². The maximum atomic E-state index is 13.8. The number of benzene rings is 2. The Morgan fingerprint density at radius 3 is 2.83 bits per heavy atom. The highest BCUT2D eigenvalue weighted by Crippen LogP contribution is 2.22. The molecule has 29 heavy (non-hydrogen) atoms. The van der Waals surface area contributed by atoms with Gasteiger partial charge in [-0.1, -0.05) is 47.1 Å². The third-order valence-corrected chi connectivity index (χ3v) is 5.14. The molecule has 4 rings (SSSR count). The number of aromatic nitrogens is 2. The minimum absolute atomic E-state index is 0.161. The lowest BCUT2D eigenvalue weighted by atomic mass is 9.97. The molecule has 2 heterocycles. The average Bonchev–Trinajstić information content (AvgIpc) is 3.19. The van der Waals surface area contributed by atoms with E-state index in [0.717, 1.165) is 24.9 Å². The lowest BCUT2D eigenvalue weighted by Gasteiger charge is -2.30. The summed E-state index contributed by atoms with van der Waals surface area (Å²) in [7, 11) is 0. The van der Waals surface area contributed by atoms with Gasteiger partial charge >= 0.3 is 0 Å². The Labute approximate surface area is 168 Å². The summed E-state index contributed by atoms with van der Waals surface area (Å²) in [4.78, 5) is 19.2. The van der Waals surface area contributed by atoms with Gasteiger partial charge in [-0.15, -0.1) is 0 Å². The van der Waals surface area contributed by atoms with E-state index in [4.69, 9.17) is 4.52 Å². The summed E-state index contributed by atoms with van der Waals surface area (Å²) in [5.74, 6) is 0.290. The second-order valence-corrected chi connectivity index (χ2v) is 7.42. The average molecular weight is 394 g/mol. The van der Waals surface area contributed by atoms with E-state index in [9.17, 15) is 9.18 Å². The SMILES string of the molecule is Cc1ccc(-c2noc(CN3CCCC(C(=O)Nc4ccccc4F)C3)n2)cc1. The lowest BCUT2D eigenvalue weighted by molar-refractivity contribution is -0.121. The Hall–Kier alpha value is -3.06. The van der Waals surface area contributed by atoms with Crippen molar-refractivity contribution >= 4 is 11.6 Å². The molecule has 1 aliphatic rings. The number of anilines is 1. The fourth-order valence-corrected chi connectivity index (χ4v) is 3.54. The van der Waals surface area contributed by atoms with Crippen molar-refractivity contribution in [1.29, 1.82) is 0 Å². The van der Waals surface area contributed by atoms with E-state index in [-0.39, 0.29) is 17.5 Å². The van der Waals surface area contributed by atoms with E-state index in [1.807, 2.05) is 31.2 Å². The topological polar surface area (TPSA) is 71.3 Å². The highest BCUT2D eigenvalue weighted by Gasteiger charge is 2.27. The molecule has 2 aromatic carbocycles. The molecule has 1 aliphatic heterocycles. The van der Waals surface area contributed by atoms with Gasteiger partial charge in [-0.05, 0) is 38.4 Å². The Balaban J connectivity index is 1.37. The summed E-state index contributed by atoms with van der Waals surface area (Å²) < 4.78 is 19.2. The molecule has 3 aromatic rings. The molecule has 0 saturated carbocycles. The number of halogens is 1. The molecule has 7 heteroatoms. The van der Waals surface area contributed by atoms with Crippen LogP contribution in [0.25, 0.3) is 11.4 Å². The van der Waals surface area contributed by atoms with Gasteiger partial charge in [0.1, 0.15) is 5.82 Å². The van der Waals surface area contributed by atoms with Gasteiger partial charge in [0.05, 0.1) is 18.2 Å². The first kappa shape index (κ1) is 19.3. The van der Waals surface area contributed by atoms with Gasteiger partial charge < -0.3 is 9.84 Å². The molecule has 0 radical (unpaired) electrons. The maximum absolute atomic E-state index is 13.8. The monoisotopic (exact) mass is 394 g/mol. The number of hydrogen-bond acceptors (Lipinski definition) is 5. The Bertz CT molecular complexity index is 986. The summed E-state index contributed by atoms with van der Waals surface area (Å²) in [5, 5.41) is 6.77. The molecule has 1 aromatic heterocycles. The summed E-state index contributed by atoms with van der Waals surface area (Å²) >= 11 is 0. The van der Waals surface area contributed by atoms with E-state index in [2.05, 4.69) is 20.4 Å². The minimum Gasteiger partial charge on any atom is -0.338 e. The van der Waals surface area contributed by atoms with Crippen molar-refractivity contribution < 1.29 is 13.7 Å². The van der Waals surface area contributed by atoms with E-state index in [1.54, 1.807) is 18.2 Å². The number of carbonyl (C=O) groups excluding carboxylic acids is 1. The molecule has 1 saturated heterocycles. The van der Waals surface area contributed by atoms with Crippen LogP contribution in [-0.4, -0.2) is 34.0 Å². The van der Waals surface area contributed by atoms with E-state index >= 15 is 0 Å². The molecular formula is C22H23FN4O2. The molecule has 1 atom stereocenters. The third-order valence-electron chi connectivity index (χ3n) is 5.14. The first-order valence-electron chi connectivity index (χ1n) is 9.76. The predicted molar refractivity (Wildman–Crippen MR) is 108 cm³/mol. The zero-order valence-corrected chi connectivity index (χ0v) is 16.3. The van der Waals surface area contributed by atoms with Crippen LogP contribution in [-0.2, 0) is 11.3 Å². The van der Waals surface area contributed by atoms with Crippen molar-refractivity contribution in [1.82, 2.24) is 15.0 Å². The molecule has 150 valence electrons. The molecule has 1 unspecified atom stereocenters. The van der Waals surface area contributed by atoms with Crippen LogP contribution in [0.3, 0.4) is 0 Å². The normalized spacial score (nSPS) is 17.2. The highest BCUT2D eigenvalue weighted by atomic mass is 19.1. The summed E-state index contributed by atoms with van der Waals surface area (Å²) in [6.45, 7) is 3.94. The van der Waals surface area contributed by atoms with Crippen LogP contribution in [0.1, 0.15) is 24.3 Å². The molecule has 1 fully saturated rings. The van der Waals surface area contributed by atoms with Crippen molar-refractivity contribution in [2.45, 2.75) is 26.3 Å². The Morgan fingerprint density at radius 1 is 1.24 bits per heavy atom. The number of nitrogens with zero attached hydrogens (tertiary/aromatic N) is 3. The quantitative estimate of drug-likeness (QED) is 0.707. The lowest BCUT2D eigenvalue weighted by Crippen LogP contribution is -2.40. The van der Waals surface area contributed by atoms with Crippen molar-refractivity contribution in [2.24, 2.45) is 5.92 Å². The summed E-state index contributed by atoms with van der Waals surface area (Å²) in [6, 6.07) is 14.2. The number of carbonyl (C=O) groups is 1. The minimum atomic E-state index is -0.428. The number of piperidine rings is 1. The van der Waals surface area contributed by atoms with Gasteiger partial charge in [0.2, 0.25) is 17.6 Å². The van der Waals surface area contributed by atoms with Gasteiger partial charge in [-0.25, -0.2) is 4.39 Å². The summed E-state index contributed by atoms with van der Waals surface area (Å²) in [5.41, 5.74) is 2.30. The number of likely N-dealkylation sites (tertiary alicyclic amines) is 1. The molecule has 0 spiro atoms. The van der Waals surface area contributed by atoms with Crippen molar-refractivity contribution in [3.63, 3.8) is 0 Å². The number of para-hydroxylation sites is 1. The van der Waals surface area contributed by atoms with Gasteiger partial charge in [0.15, 0.2) is 0 Å². The molecule has 0 bridgehead atoms. The van der Waals surface area contributed by atoms with Crippen molar-refractivity contribution in [3.8, 4) is 11.4 Å². The van der Waals surface area contributed by atoms with Crippen LogP contribution in [0.2, 0.25) is 0 Å². The van der Waals surface area contributed by atoms with Crippen LogP contribution >= 0.6 is 0 Å². The second-order valence-electron chi connectivity index (χ2n) is 7.42. The first-order chi connectivity index (χ1) is 14.1. The van der Waals surface area contributed by atoms with Crippen molar-refractivity contribution in [2.75, 3.05) is 18.4 Å². The summed E-state index contributed by atoms with van der Waals surface area (Å²) in [6.07, 6.45) is 1.66. The fraction of sp³-hybridized carbons (Fsp3) is 0.318. The number of nitrogens with one attached hydrogen (secondary N) is 1. The Morgan fingerprint density at radius 2 is 2.03 bits per heavy atom. The Kier molecular flexibility index (Phi) is 5.67. The van der Waals surface area contributed by atoms with Gasteiger partial charge in [0, 0.05) is 12.1 Å². The number of hydrogen-bond donors (Lipinski definition) is 1. The fourth-order valence-electron chi connectivity index (χ4n) is 3.54. The number of rotatable bonds is 5. The second kappa shape index (κ2) is 8.53. The van der Waals surface area contributed by atoms with Crippen LogP contribution in [0.15, 0.2) is 53.1 Å². The zero-order valence-electron chi connectivity index (χ0n) is 16.3. The van der Waals surface area contributed by atoms with Crippen LogP contribution in [0, 0.1) is 18.7 Å². The molecule has 6 nitrogen and oxygen atoms in total. The van der Waals surface area contributed by atoms with E-state index < -0.39 is 5.82 Å². The number of aryl methyl sites for hydroxylation is 1. The van der Waals surface area contributed by atoms with Gasteiger partial charge in [-0.2, -0.15) is 4.98 Å². The first-order valence-corrected chi connectivity index (χ1v) is 9.76. The standard InChI is InChI=1S/C22H23FN4O2/c1-15-8-10-16(11-9-15)21-25-20(29-26-21)14-27-12-4-5-17(13-27)22(28)24-19-7-3-2-6-18(19)23/h2-3,6-11,17H,4-5,12-14H2,1H3,(H,24,28). The predicted octanol–water partition coefficient (Wildman–Crippen LogP) is 4.03.